The van der Waals surface area contributed by atoms with Gasteiger partial charge in [0, 0.05) is 28.5 Å². The Hall–Kier alpha value is -2.72. The third kappa shape index (κ3) is 1.96. The van der Waals surface area contributed by atoms with Crippen molar-refractivity contribution in [1.82, 2.24) is 4.98 Å². The molecule has 0 spiro atoms. The highest BCUT2D eigenvalue weighted by molar-refractivity contribution is 6.34. The maximum absolute atomic E-state index is 10.7. The summed E-state index contributed by atoms with van der Waals surface area (Å²) in [6.07, 6.45) is 3.55. The van der Waals surface area contributed by atoms with Crippen molar-refractivity contribution >= 4 is 23.0 Å². The fourth-order valence-electron chi connectivity index (χ4n) is 2.66. The minimum atomic E-state index is 0.660. The normalized spacial score (nSPS) is 12.0. The average Bonchev–Trinajstić information content (AvgIpc) is 3.27. The minimum Gasteiger partial charge on any atom is -0.264 e. The maximum Gasteiger partial charge on any atom is 0.0950 e. The molecule has 4 nitrogen and oxygen atoms in total. The van der Waals surface area contributed by atoms with Gasteiger partial charge in [-0.15, -0.1) is 4.91 Å². The van der Waals surface area contributed by atoms with Gasteiger partial charge in [0.25, 0.3) is 0 Å². The molecule has 0 bridgehead atoms. The van der Waals surface area contributed by atoms with Crippen LogP contribution in [0, 0.1) is 4.91 Å². The first-order valence-electron chi connectivity index (χ1n) is 6.76. The molecule has 4 rings (SSSR count). The molecule has 0 fully saturated rings. The number of benzene rings is 2. The Morgan fingerprint density at radius 2 is 1.91 bits per heavy atom. The quantitative estimate of drug-likeness (QED) is 0.493. The standard InChI is InChI=1S/C17H10ClN3O/c18-14-5-1-4-13(12-3-2-8-19-10-12)17(14)11-6-7-15-16(9-11)21(15)20-22/h1-10H. The summed E-state index contributed by atoms with van der Waals surface area (Å²) in [5.74, 6) is 0. The number of nitrogens with zero attached hydrogens (tertiary/aromatic N) is 3. The van der Waals surface area contributed by atoms with Gasteiger partial charge < -0.3 is 0 Å². The van der Waals surface area contributed by atoms with Crippen molar-refractivity contribution in [2.75, 3.05) is 5.01 Å². The summed E-state index contributed by atoms with van der Waals surface area (Å²) in [7, 11) is 0. The van der Waals surface area contributed by atoms with Gasteiger partial charge in [-0.3, -0.25) is 4.98 Å². The SMILES string of the molecule is O=NN1c2ccc(-c3c(Cl)cccc3-c3cccnc3)cc21. The molecule has 2 aromatic carbocycles. The molecular weight excluding hydrogens is 298 g/mol. The van der Waals surface area contributed by atoms with E-state index in [9.17, 15) is 4.91 Å². The Morgan fingerprint density at radius 1 is 1.00 bits per heavy atom. The van der Waals surface area contributed by atoms with Crippen LogP contribution in [0.3, 0.4) is 0 Å². The number of pyridine rings is 1. The van der Waals surface area contributed by atoms with Gasteiger partial charge >= 0.3 is 0 Å². The molecule has 1 aliphatic heterocycles. The molecular formula is C17H10ClN3O. The highest BCUT2D eigenvalue weighted by atomic mass is 35.5. The zero-order valence-electron chi connectivity index (χ0n) is 11.4. The molecule has 1 aliphatic rings. The van der Waals surface area contributed by atoms with Crippen LogP contribution < -0.4 is 5.01 Å². The maximum atomic E-state index is 10.7. The van der Waals surface area contributed by atoms with Crippen LogP contribution in [0.25, 0.3) is 22.3 Å². The number of nitroso groups, excluding NO2 is 1. The number of rotatable bonds is 3. The first-order valence-corrected chi connectivity index (χ1v) is 7.14. The lowest BCUT2D eigenvalue weighted by atomic mass is 9.95. The van der Waals surface area contributed by atoms with Crippen molar-refractivity contribution in [2.24, 2.45) is 5.29 Å². The third-order valence-corrected chi connectivity index (χ3v) is 4.05. The van der Waals surface area contributed by atoms with E-state index in [0.717, 1.165) is 33.6 Å². The largest absolute Gasteiger partial charge is 0.264 e. The van der Waals surface area contributed by atoms with Gasteiger partial charge in [0.15, 0.2) is 0 Å². The first kappa shape index (κ1) is 13.0. The molecule has 0 atom stereocenters. The van der Waals surface area contributed by atoms with Gasteiger partial charge in [0.05, 0.1) is 16.7 Å². The summed E-state index contributed by atoms with van der Waals surface area (Å²) < 4.78 is 0. The third-order valence-electron chi connectivity index (χ3n) is 3.74. The molecule has 106 valence electrons. The summed E-state index contributed by atoms with van der Waals surface area (Å²) in [6, 6.07) is 15.4. The van der Waals surface area contributed by atoms with Gasteiger partial charge in [-0.25, -0.2) is 0 Å². The zero-order chi connectivity index (χ0) is 15.1. The monoisotopic (exact) mass is 307 g/mol. The number of halogens is 1. The van der Waals surface area contributed by atoms with Crippen LogP contribution in [0.5, 0.6) is 0 Å². The Labute approximate surface area is 131 Å². The molecule has 0 saturated carbocycles. The molecule has 5 heteroatoms. The average molecular weight is 308 g/mol. The second-order valence-corrected chi connectivity index (χ2v) is 5.41. The minimum absolute atomic E-state index is 0.660. The van der Waals surface area contributed by atoms with Crippen LogP contribution in [0.1, 0.15) is 0 Å². The summed E-state index contributed by atoms with van der Waals surface area (Å²) in [5.41, 5.74) is 5.55. The molecule has 0 unspecified atom stereocenters. The van der Waals surface area contributed by atoms with E-state index in [0.29, 0.717) is 5.02 Å². The molecule has 0 aliphatic carbocycles. The smallest absolute Gasteiger partial charge is 0.0950 e. The number of anilines is 2. The topological polar surface area (TPSA) is 45.3 Å². The fourth-order valence-corrected chi connectivity index (χ4v) is 2.94. The summed E-state index contributed by atoms with van der Waals surface area (Å²) in [4.78, 5) is 14.8. The second-order valence-electron chi connectivity index (χ2n) is 5.00. The van der Waals surface area contributed by atoms with Crippen molar-refractivity contribution in [3.05, 3.63) is 70.9 Å². The van der Waals surface area contributed by atoms with Gasteiger partial charge in [0.2, 0.25) is 0 Å². The molecule has 0 saturated heterocycles. The summed E-state index contributed by atoms with van der Waals surface area (Å²) >= 11 is 6.43. The van der Waals surface area contributed by atoms with Crippen LogP contribution in [0.15, 0.2) is 66.2 Å². The van der Waals surface area contributed by atoms with Crippen LogP contribution in [-0.2, 0) is 0 Å². The van der Waals surface area contributed by atoms with E-state index in [4.69, 9.17) is 11.6 Å². The highest BCUT2D eigenvalue weighted by Crippen LogP contribution is 2.51. The Morgan fingerprint density at radius 3 is 2.68 bits per heavy atom. The summed E-state index contributed by atoms with van der Waals surface area (Å²) in [5, 5.41) is 4.97. The van der Waals surface area contributed by atoms with Gasteiger partial charge in [-0.05, 0) is 35.4 Å². The van der Waals surface area contributed by atoms with E-state index in [1.54, 1.807) is 6.20 Å². The fraction of sp³-hybridized carbons (Fsp3) is 0. The van der Waals surface area contributed by atoms with Crippen molar-refractivity contribution < 1.29 is 0 Å². The van der Waals surface area contributed by atoms with E-state index in [-0.39, 0.29) is 0 Å². The van der Waals surface area contributed by atoms with Crippen molar-refractivity contribution in [2.45, 2.75) is 0 Å². The van der Waals surface area contributed by atoms with E-state index in [1.807, 2.05) is 54.7 Å². The second kappa shape index (κ2) is 4.93. The van der Waals surface area contributed by atoms with Crippen LogP contribution >= 0.6 is 11.6 Å². The molecule has 0 radical (unpaired) electrons. The molecule has 0 N–H and O–H groups in total. The predicted octanol–water partition coefficient (Wildman–Crippen LogP) is 5.20. The number of hydrogen-bond donors (Lipinski definition) is 0. The van der Waals surface area contributed by atoms with Crippen LogP contribution in [-0.4, -0.2) is 4.98 Å². The van der Waals surface area contributed by atoms with E-state index >= 15 is 0 Å². The first-order chi connectivity index (χ1) is 10.8. The van der Waals surface area contributed by atoms with E-state index < -0.39 is 0 Å². The van der Waals surface area contributed by atoms with Crippen molar-refractivity contribution in [1.29, 1.82) is 0 Å². The molecule has 0 amide bonds. The molecule has 22 heavy (non-hydrogen) atoms. The lowest BCUT2D eigenvalue weighted by molar-refractivity contribution is 1.21. The van der Waals surface area contributed by atoms with Crippen LogP contribution in [0.2, 0.25) is 5.02 Å². The van der Waals surface area contributed by atoms with Gasteiger partial charge in [-0.1, -0.05) is 35.9 Å². The highest BCUT2D eigenvalue weighted by Gasteiger charge is 2.31. The molecule has 2 heterocycles. The lowest BCUT2D eigenvalue weighted by Gasteiger charge is -2.11. The summed E-state index contributed by atoms with van der Waals surface area (Å²) in [6.45, 7) is 0. The van der Waals surface area contributed by atoms with Crippen molar-refractivity contribution in [3.63, 3.8) is 0 Å². The van der Waals surface area contributed by atoms with Gasteiger partial charge in [-0.2, -0.15) is 5.01 Å². The molecule has 3 aromatic rings. The Kier molecular flexibility index (Phi) is 2.91. The van der Waals surface area contributed by atoms with Crippen LogP contribution in [0.4, 0.5) is 11.4 Å². The number of aromatic nitrogens is 1. The van der Waals surface area contributed by atoms with Gasteiger partial charge in [0.1, 0.15) is 0 Å². The Bertz CT molecular complexity index is 880. The lowest BCUT2D eigenvalue weighted by Crippen LogP contribution is -1.86. The predicted molar refractivity (Wildman–Crippen MR) is 88.1 cm³/mol. The zero-order valence-corrected chi connectivity index (χ0v) is 12.2. The van der Waals surface area contributed by atoms with E-state index in [2.05, 4.69) is 10.3 Å². The van der Waals surface area contributed by atoms with E-state index in [1.165, 1.54) is 5.01 Å². The Balaban J connectivity index is 1.89. The van der Waals surface area contributed by atoms with Crippen molar-refractivity contribution in [3.8, 4) is 22.3 Å². The molecule has 1 aromatic heterocycles. The number of hydrogen-bond acceptors (Lipinski definition) is 3. The number of fused-ring (bicyclic) bond motifs is 1.